The zero-order chi connectivity index (χ0) is 12.0. The molecule has 1 unspecified atom stereocenters. The van der Waals surface area contributed by atoms with Crippen LogP contribution in [-0.2, 0) is 4.79 Å². The van der Waals surface area contributed by atoms with Crippen molar-refractivity contribution < 1.29 is 4.79 Å². The van der Waals surface area contributed by atoms with Crippen LogP contribution in [0.15, 0.2) is 0 Å². The summed E-state index contributed by atoms with van der Waals surface area (Å²) in [5.41, 5.74) is 5.55. The second-order valence-corrected chi connectivity index (χ2v) is 5.08. The van der Waals surface area contributed by atoms with Gasteiger partial charge in [0.15, 0.2) is 0 Å². The van der Waals surface area contributed by atoms with Crippen molar-refractivity contribution in [2.75, 3.05) is 13.6 Å². The summed E-state index contributed by atoms with van der Waals surface area (Å²) in [6.45, 7) is 2.37. The molecule has 0 radical (unpaired) electrons. The molecule has 0 aromatic carbocycles. The second-order valence-electron chi connectivity index (χ2n) is 5.08. The summed E-state index contributed by atoms with van der Waals surface area (Å²) in [7, 11) is 1.95. The molecule has 1 amide bonds. The summed E-state index contributed by atoms with van der Waals surface area (Å²) in [5.74, 6) is 0.184. The van der Waals surface area contributed by atoms with Crippen molar-refractivity contribution in [3.05, 3.63) is 0 Å². The highest BCUT2D eigenvalue weighted by Crippen LogP contribution is 2.21. The number of rotatable bonds is 3. The Morgan fingerprint density at radius 3 is 2.25 bits per heavy atom. The number of amides is 1. The number of nitrogens with two attached hydrogens (primary N) is 1. The Bertz CT molecular complexity index is 210. The average Bonchev–Trinajstić information content (AvgIpc) is 2.26. The topological polar surface area (TPSA) is 46.3 Å². The first-order chi connectivity index (χ1) is 7.66. The Kier molecular flexibility index (Phi) is 5.81. The van der Waals surface area contributed by atoms with E-state index in [2.05, 4.69) is 0 Å². The molecule has 0 spiro atoms. The molecule has 1 fully saturated rings. The Balaban J connectivity index is 2.49. The first kappa shape index (κ1) is 13.5. The van der Waals surface area contributed by atoms with E-state index < -0.39 is 0 Å². The van der Waals surface area contributed by atoms with Gasteiger partial charge in [0.1, 0.15) is 0 Å². The lowest BCUT2D eigenvalue weighted by Crippen LogP contribution is -2.42. The first-order valence-electron chi connectivity index (χ1n) is 6.63. The predicted octanol–water partition coefficient (Wildman–Crippen LogP) is 2.15. The molecule has 1 rings (SSSR count). The van der Waals surface area contributed by atoms with Crippen LogP contribution in [0, 0.1) is 5.92 Å². The quantitative estimate of drug-likeness (QED) is 0.801. The molecule has 3 nitrogen and oxygen atoms in total. The highest BCUT2D eigenvalue weighted by molar-refractivity contribution is 5.78. The van der Waals surface area contributed by atoms with Crippen molar-refractivity contribution in [3.8, 4) is 0 Å². The lowest BCUT2D eigenvalue weighted by molar-refractivity contribution is -0.135. The zero-order valence-corrected chi connectivity index (χ0v) is 10.7. The van der Waals surface area contributed by atoms with E-state index in [1.54, 1.807) is 0 Å². The minimum atomic E-state index is -0.0320. The van der Waals surface area contributed by atoms with Crippen molar-refractivity contribution in [2.24, 2.45) is 11.7 Å². The summed E-state index contributed by atoms with van der Waals surface area (Å²) < 4.78 is 0. The molecule has 0 aliphatic heterocycles. The van der Waals surface area contributed by atoms with E-state index in [-0.39, 0.29) is 11.8 Å². The van der Waals surface area contributed by atoms with Gasteiger partial charge in [0.25, 0.3) is 0 Å². The van der Waals surface area contributed by atoms with Gasteiger partial charge >= 0.3 is 0 Å². The highest BCUT2D eigenvalue weighted by atomic mass is 16.2. The van der Waals surface area contributed by atoms with Crippen LogP contribution in [0.5, 0.6) is 0 Å². The first-order valence-corrected chi connectivity index (χ1v) is 6.63. The normalized spacial score (nSPS) is 20.9. The standard InChI is InChI=1S/C13H26N2O/c1-11(10-14)13(16)15(2)12-8-6-4-3-5-7-9-12/h11-12H,3-10,14H2,1-2H3. The molecule has 94 valence electrons. The molecule has 0 bridgehead atoms. The van der Waals surface area contributed by atoms with E-state index in [0.717, 1.165) is 0 Å². The van der Waals surface area contributed by atoms with Crippen LogP contribution in [0.1, 0.15) is 51.9 Å². The molecule has 1 aliphatic carbocycles. The van der Waals surface area contributed by atoms with Crippen molar-refractivity contribution in [1.29, 1.82) is 0 Å². The van der Waals surface area contributed by atoms with Gasteiger partial charge in [-0.15, -0.1) is 0 Å². The third-order valence-corrected chi connectivity index (χ3v) is 3.75. The van der Waals surface area contributed by atoms with E-state index in [4.69, 9.17) is 5.73 Å². The molecule has 0 aromatic rings. The van der Waals surface area contributed by atoms with Crippen molar-refractivity contribution in [2.45, 2.75) is 57.9 Å². The van der Waals surface area contributed by atoms with E-state index in [1.807, 2.05) is 18.9 Å². The Hall–Kier alpha value is -0.570. The fourth-order valence-electron chi connectivity index (χ4n) is 2.45. The fraction of sp³-hybridized carbons (Fsp3) is 0.923. The smallest absolute Gasteiger partial charge is 0.226 e. The lowest BCUT2D eigenvalue weighted by Gasteiger charge is -2.31. The maximum absolute atomic E-state index is 12.0. The third kappa shape index (κ3) is 3.78. The summed E-state index contributed by atoms with van der Waals surface area (Å²) in [4.78, 5) is 14.0. The number of hydrogen-bond acceptors (Lipinski definition) is 2. The van der Waals surface area contributed by atoms with Crippen LogP contribution in [0.25, 0.3) is 0 Å². The van der Waals surface area contributed by atoms with Gasteiger partial charge in [0.05, 0.1) is 0 Å². The van der Waals surface area contributed by atoms with Crippen LogP contribution in [0.4, 0.5) is 0 Å². The van der Waals surface area contributed by atoms with Gasteiger partial charge in [0, 0.05) is 25.6 Å². The van der Waals surface area contributed by atoms with Crippen molar-refractivity contribution in [3.63, 3.8) is 0 Å². The highest BCUT2D eigenvalue weighted by Gasteiger charge is 2.23. The summed E-state index contributed by atoms with van der Waals surface area (Å²) in [6, 6.07) is 0.446. The molecular weight excluding hydrogens is 200 g/mol. The number of carbonyl (C=O) groups is 1. The minimum absolute atomic E-state index is 0.0320. The lowest BCUT2D eigenvalue weighted by atomic mass is 9.95. The molecule has 1 aliphatic rings. The van der Waals surface area contributed by atoms with Crippen LogP contribution in [-0.4, -0.2) is 30.4 Å². The van der Waals surface area contributed by atoms with E-state index in [1.165, 1.54) is 44.9 Å². The number of nitrogens with zero attached hydrogens (tertiary/aromatic N) is 1. The van der Waals surface area contributed by atoms with Gasteiger partial charge in [0.2, 0.25) is 5.91 Å². The van der Waals surface area contributed by atoms with Crippen LogP contribution < -0.4 is 5.73 Å². The molecule has 0 heterocycles. The van der Waals surface area contributed by atoms with Crippen LogP contribution >= 0.6 is 0 Å². The number of carbonyl (C=O) groups excluding carboxylic acids is 1. The van der Waals surface area contributed by atoms with Gasteiger partial charge in [-0.25, -0.2) is 0 Å². The third-order valence-electron chi connectivity index (χ3n) is 3.75. The summed E-state index contributed by atoms with van der Waals surface area (Å²) >= 11 is 0. The SMILES string of the molecule is CC(CN)C(=O)N(C)C1CCCCCCC1. The van der Waals surface area contributed by atoms with Crippen LogP contribution in [0.2, 0.25) is 0 Å². The van der Waals surface area contributed by atoms with Gasteiger partial charge in [-0.3, -0.25) is 4.79 Å². The molecule has 3 heteroatoms. The second kappa shape index (κ2) is 6.89. The Labute approximate surface area is 99.4 Å². The molecular formula is C13H26N2O. The minimum Gasteiger partial charge on any atom is -0.343 e. The molecule has 1 atom stereocenters. The maximum atomic E-state index is 12.0. The number of hydrogen-bond donors (Lipinski definition) is 1. The largest absolute Gasteiger partial charge is 0.343 e. The van der Waals surface area contributed by atoms with Gasteiger partial charge in [-0.1, -0.05) is 39.0 Å². The molecule has 0 saturated heterocycles. The Morgan fingerprint density at radius 2 is 1.75 bits per heavy atom. The van der Waals surface area contributed by atoms with E-state index in [0.29, 0.717) is 12.6 Å². The molecule has 2 N–H and O–H groups in total. The van der Waals surface area contributed by atoms with E-state index in [9.17, 15) is 4.79 Å². The van der Waals surface area contributed by atoms with Crippen LogP contribution in [0.3, 0.4) is 0 Å². The van der Waals surface area contributed by atoms with E-state index >= 15 is 0 Å². The summed E-state index contributed by atoms with van der Waals surface area (Å²) in [5, 5.41) is 0. The molecule has 0 aromatic heterocycles. The van der Waals surface area contributed by atoms with Gasteiger partial charge in [-0.05, 0) is 12.8 Å². The maximum Gasteiger partial charge on any atom is 0.226 e. The predicted molar refractivity (Wildman–Crippen MR) is 67.1 cm³/mol. The fourth-order valence-corrected chi connectivity index (χ4v) is 2.45. The Morgan fingerprint density at radius 1 is 1.25 bits per heavy atom. The monoisotopic (exact) mass is 226 g/mol. The van der Waals surface area contributed by atoms with Crippen molar-refractivity contribution >= 4 is 5.91 Å². The van der Waals surface area contributed by atoms with Crippen molar-refractivity contribution in [1.82, 2.24) is 4.90 Å². The van der Waals surface area contributed by atoms with Gasteiger partial charge in [-0.2, -0.15) is 0 Å². The molecule has 1 saturated carbocycles. The zero-order valence-electron chi connectivity index (χ0n) is 10.7. The molecule has 16 heavy (non-hydrogen) atoms. The van der Waals surface area contributed by atoms with Gasteiger partial charge < -0.3 is 10.6 Å². The summed E-state index contributed by atoms with van der Waals surface area (Å²) in [6.07, 6.45) is 8.87. The average molecular weight is 226 g/mol.